The van der Waals surface area contributed by atoms with Gasteiger partial charge >= 0.3 is 0 Å². The average molecular weight is 553 g/mol. The van der Waals surface area contributed by atoms with Crippen LogP contribution in [-0.2, 0) is 0 Å². The number of fused-ring (bicyclic) bond motifs is 6. The van der Waals surface area contributed by atoms with E-state index in [0.29, 0.717) is 0 Å². The number of hydrogen-bond donors (Lipinski definition) is 2. The molecule has 0 radical (unpaired) electrons. The van der Waals surface area contributed by atoms with Gasteiger partial charge in [-0.15, -0.1) is 0 Å². The minimum atomic E-state index is -0.145. The molecule has 43 heavy (non-hydrogen) atoms. The molecule has 0 fully saturated rings. The Morgan fingerprint density at radius 1 is 0.488 bits per heavy atom. The first-order chi connectivity index (χ1) is 21.3. The van der Waals surface area contributed by atoms with E-state index in [1.54, 1.807) is 0 Å². The van der Waals surface area contributed by atoms with E-state index in [1.165, 1.54) is 54.8 Å². The summed E-state index contributed by atoms with van der Waals surface area (Å²) >= 11 is 0. The molecule has 204 valence electrons. The van der Waals surface area contributed by atoms with E-state index in [2.05, 4.69) is 148 Å². The molecule has 2 unspecified atom stereocenters. The van der Waals surface area contributed by atoms with Crippen molar-refractivity contribution < 1.29 is 0 Å². The highest BCUT2D eigenvalue weighted by molar-refractivity contribution is 6.23. The van der Waals surface area contributed by atoms with Crippen LogP contribution in [0.5, 0.6) is 0 Å². The van der Waals surface area contributed by atoms with Gasteiger partial charge in [-0.25, -0.2) is 4.99 Å². The second kappa shape index (κ2) is 9.55. The van der Waals surface area contributed by atoms with E-state index in [4.69, 9.17) is 4.99 Å². The van der Waals surface area contributed by atoms with E-state index in [0.717, 1.165) is 17.0 Å². The Kier molecular flexibility index (Phi) is 5.37. The Hall–Kier alpha value is -5.45. The van der Waals surface area contributed by atoms with Crippen LogP contribution in [0.25, 0.3) is 49.2 Å². The Labute approximate surface area is 249 Å². The summed E-state index contributed by atoms with van der Waals surface area (Å²) < 4.78 is 2.44. The lowest BCUT2D eigenvalue weighted by atomic mass is 10.0. The zero-order chi connectivity index (χ0) is 28.3. The van der Waals surface area contributed by atoms with Gasteiger partial charge in [-0.3, -0.25) is 5.32 Å². The van der Waals surface area contributed by atoms with Gasteiger partial charge in [0.2, 0.25) is 0 Å². The predicted molar refractivity (Wildman–Crippen MR) is 178 cm³/mol. The minimum Gasteiger partial charge on any atom is -0.350 e. The molecule has 4 nitrogen and oxygen atoms in total. The van der Waals surface area contributed by atoms with E-state index in [1.807, 2.05) is 12.1 Å². The number of benzene rings is 6. The van der Waals surface area contributed by atoms with E-state index in [9.17, 15) is 0 Å². The zero-order valence-electron chi connectivity index (χ0n) is 23.4. The van der Waals surface area contributed by atoms with Crippen LogP contribution in [0.3, 0.4) is 0 Å². The molecule has 1 aliphatic rings. The molecule has 1 aliphatic heterocycles. The lowest BCUT2D eigenvalue weighted by Gasteiger charge is -2.32. The summed E-state index contributed by atoms with van der Waals surface area (Å²) in [6, 6.07) is 52.0. The minimum absolute atomic E-state index is 0.0508. The van der Waals surface area contributed by atoms with Crippen LogP contribution in [0.2, 0.25) is 0 Å². The van der Waals surface area contributed by atoms with Gasteiger partial charge in [0.05, 0.1) is 16.6 Å². The normalized spacial score (nSPS) is 17.1. The fourth-order valence-corrected chi connectivity index (χ4v) is 6.76. The summed E-state index contributed by atoms with van der Waals surface area (Å²) in [6.45, 7) is 0. The Bertz CT molecular complexity index is 2280. The molecular weight excluding hydrogens is 524 g/mol. The highest BCUT2D eigenvalue weighted by Gasteiger charge is 2.25. The van der Waals surface area contributed by atoms with Crippen molar-refractivity contribution in [1.29, 1.82) is 0 Å². The summed E-state index contributed by atoms with van der Waals surface area (Å²) in [5.41, 5.74) is 9.59. The quantitative estimate of drug-likeness (QED) is 0.229. The predicted octanol–water partition coefficient (Wildman–Crippen LogP) is 8.84. The number of amidine groups is 1. The molecule has 0 bridgehead atoms. The molecule has 9 rings (SSSR count). The number of hydrogen-bond acceptors (Lipinski definition) is 3. The van der Waals surface area contributed by atoms with Crippen molar-refractivity contribution in [2.24, 2.45) is 4.99 Å². The molecule has 0 spiro atoms. The van der Waals surface area contributed by atoms with Crippen molar-refractivity contribution in [3.8, 4) is 11.1 Å². The third-order valence-corrected chi connectivity index (χ3v) is 8.83. The highest BCUT2D eigenvalue weighted by Crippen LogP contribution is 2.40. The Morgan fingerprint density at radius 3 is 1.86 bits per heavy atom. The summed E-state index contributed by atoms with van der Waals surface area (Å²) in [4.78, 5) is 5.11. The number of rotatable bonds is 4. The van der Waals surface area contributed by atoms with Gasteiger partial charge < -0.3 is 9.72 Å². The zero-order valence-corrected chi connectivity index (χ0v) is 23.4. The van der Waals surface area contributed by atoms with Crippen LogP contribution >= 0.6 is 0 Å². The van der Waals surface area contributed by atoms with Gasteiger partial charge in [0.15, 0.2) is 0 Å². The first-order valence-corrected chi connectivity index (χ1v) is 14.8. The van der Waals surface area contributed by atoms with Crippen LogP contribution in [0.4, 0.5) is 0 Å². The highest BCUT2D eigenvalue weighted by atomic mass is 15.3. The van der Waals surface area contributed by atoms with Crippen LogP contribution in [0, 0.1) is 0 Å². The van der Waals surface area contributed by atoms with Crippen molar-refractivity contribution >= 4 is 43.9 Å². The molecule has 8 aromatic rings. The molecule has 2 N–H and O–H groups in total. The topological polar surface area (TPSA) is 40.8 Å². The SMILES string of the molecule is c1ccc(C2N=C(c3ccc(-c4ccc5c6cccc7c8ccccc8n(c5c4)c76)cc3)NC(c3ccccc3)N2)cc1. The van der Waals surface area contributed by atoms with Crippen molar-refractivity contribution in [3.05, 3.63) is 162 Å². The summed E-state index contributed by atoms with van der Waals surface area (Å²) in [5.74, 6) is 0.888. The lowest BCUT2D eigenvalue weighted by molar-refractivity contribution is 0.409. The molecule has 0 amide bonds. The van der Waals surface area contributed by atoms with E-state index >= 15 is 0 Å². The largest absolute Gasteiger partial charge is 0.350 e. The van der Waals surface area contributed by atoms with Crippen LogP contribution in [0.15, 0.2) is 151 Å². The fourth-order valence-electron chi connectivity index (χ4n) is 6.76. The smallest absolute Gasteiger partial charge is 0.131 e. The van der Waals surface area contributed by atoms with Gasteiger partial charge in [-0.1, -0.05) is 133 Å². The Balaban J connectivity index is 1.12. The Morgan fingerprint density at radius 2 is 1.09 bits per heavy atom. The number of para-hydroxylation sites is 2. The summed E-state index contributed by atoms with van der Waals surface area (Å²) in [5, 5.41) is 12.5. The van der Waals surface area contributed by atoms with Gasteiger partial charge in [0.25, 0.3) is 0 Å². The standard InChI is InChI=1S/C39H28N4/c1-3-10-26(11-4-1)37-40-38(27-12-5-2-6-13-27)42-39(41-37)28-20-18-25(19-21-28)29-22-23-31-33-16-9-15-32-30-14-7-8-17-34(30)43(36(32)33)35(31)24-29/h1-24,37-38,40H,(H,41,42). The molecule has 2 atom stereocenters. The third kappa shape index (κ3) is 3.84. The third-order valence-electron chi connectivity index (χ3n) is 8.83. The fraction of sp³-hybridized carbons (Fsp3) is 0.0513. The first-order valence-electron chi connectivity index (χ1n) is 14.8. The molecule has 2 aromatic heterocycles. The number of nitrogens with zero attached hydrogens (tertiary/aromatic N) is 2. The maximum absolute atomic E-state index is 5.11. The second-order valence-electron chi connectivity index (χ2n) is 11.3. The maximum atomic E-state index is 5.11. The van der Waals surface area contributed by atoms with Crippen LogP contribution in [0.1, 0.15) is 29.0 Å². The van der Waals surface area contributed by atoms with Crippen molar-refractivity contribution in [1.82, 2.24) is 15.0 Å². The molecule has 4 heteroatoms. The van der Waals surface area contributed by atoms with Crippen molar-refractivity contribution in [3.63, 3.8) is 0 Å². The number of nitrogens with one attached hydrogen (secondary N) is 2. The summed E-state index contributed by atoms with van der Waals surface area (Å²) in [6.07, 6.45) is -0.195. The molecule has 0 saturated heterocycles. The van der Waals surface area contributed by atoms with Gasteiger partial charge in [0.1, 0.15) is 18.2 Å². The van der Waals surface area contributed by atoms with Crippen LogP contribution in [-0.4, -0.2) is 10.2 Å². The van der Waals surface area contributed by atoms with Gasteiger partial charge in [-0.05, 0) is 34.4 Å². The molecule has 0 aliphatic carbocycles. The lowest BCUT2D eigenvalue weighted by Crippen LogP contribution is -2.44. The maximum Gasteiger partial charge on any atom is 0.131 e. The monoisotopic (exact) mass is 552 g/mol. The number of aromatic nitrogens is 1. The molecular formula is C39H28N4. The first kappa shape index (κ1) is 24.2. The van der Waals surface area contributed by atoms with Crippen molar-refractivity contribution in [2.75, 3.05) is 0 Å². The summed E-state index contributed by atoms with van der Waals surface area (Å²) in [7, 11) is 0. The van der Waals surface area contributed by atoms with Crippen molar-refractivity contribution in [2.45, 2.75) is 12.3 Å². The second-order valence-corrected chi connectivity index (χ2v) is 11.3. The van der Waals surface area contributed by atoms with E-state index < -0.39 is 0 Å². The molecule has 6 aromatic carbocycles. The van der Waals surface area contributed by atoms with Gasteiger partial charge in [-0.2, -0.15) is 0 Å². The van der Waals surface area contributed by atoms with Crippen LogP contribution < -0.4 is 10.6 Å². The number of aliphatic imine (C=N–C) groups is 1. The molecule has 3 heterocycles. The van der Waals surface area contributed by atoms with E-state index in [-0.39, 0.29) is 12.3 Å². The van der Waals surface area contributed by atoms with Gasteiger partial charge in [0, 0.05) is 27.1 Å². The molecule has 0 saturated carbocycles. The average Bonchev–Trinajstić information content (AvgIpc) is 3.61.